The minimum absolute atomic E-state index is 0.473. The number of nitrogens with zero attached hydrogens (tertiary/aromatic N) is 5. The van der Waals surface area contributed by atoms with Crippen LogP contribution in [-0.2, 0) is 31.8 Å². The second kappa shape index (κ2) is 27.4. The van der Waals surface area contributed by atoms with E-state index in [1.54, 1.807) is 25.3 Å². The number of anilines is 2. The highest BCUT2D eigenvalue weighted by atomic mass is 35.5. The normalized spacial score (nSPS) is 10.6. The maximum absolute atomic E-state index is 6.15. The van der Waals surface area contributed by atoms with Crippen LogP contribution >= 0.6 is 92.8 Å². The van der Waals surface area contributed by atoms with Gasteiger partial charge in [-0.3, -0.25) is 0 Å². The van der Waals surface area contributed by atoms with Crippen LogP contribution in [0.3, 0.4) is 0 Å². The molecule has 0 spiro atoms. The van der Waals surface area contributed by atoms with Crippen molar-refractivity contribution in [3.63, 3.8) is 0 Å². The summed E-state index contributed by atoms with van der Waals surface area (Å²) in [6.45, 7) is 1.46. The van der Waals surface area contributed by atoms with Crippen LogP contribution in [0.2, 0.25) is 35.2 Å². The highest BCUT2D eigenvalue weighted by Crippen LogP contribution is 2.27. The third-order valence-electron chi connectivity index (χ3n) is 11.1. The SMILES string of the molecule is COc1ccc(Cl)c(Cl)c1.ClCc1ccc(Cl)cc1.Clc1ccc(Cn2c(CCc3ccc(Cl)c(Cl)c3)nc3ccccc32)cc1.Nc1nc2ccccc2[nH]1.Nc1nc2ccccc2n1Cc1ccc(Cl)cc1. The Hall–Kier alpha value is -6.11. The van der Waals surface area contributed by atoms with Crippen LogP contribution in [0.25, 0.3) is 33.1 Å². The van der Waals surface area contributed by atoms with Crippen LogP contribution in [0, 0.1) is 0 Å². The Kier molecular flexibility index (Phi) is 20.6. The molecule has 0 aliphatic carbocycles. The lowest BCUT2D eigenvalue weighted by Crippen LogP contribution is -2.06. The first-order valence-electron chi connectivity index (χ1n) is 22.8. The number of benzene rings is 8. The van der Waals surface area contributed by atoms with Crippen molar-refractivity contribution < 1.29 is 4.74 Å². The number of rotatable bonds is 9. The number of nitrogens with one attached hydrogen (secondary N) is 1. The molecule has 11 rings (SSSR count). The van der Waals surface area contributed by atoms with Gasteiger partial charge < -0.3 is 30.3 Å². The lowest BCUT2D eigenvalue weighted by molar-refractivity contribution is 0.415. The summed E-state index contributed by atoms with van der Waals surface area (Å²) in [4.78, 5) is 16.2. The Balaban J connectivity index is 0.000000146. The number of aryl methyl sites for hydroxylation is 2. The molecule has 0 aliphatic heterocycles. The van der Waals surface area contributed by atoms with Crippen LogP contribution in [0.5, 0.6) is 5.75 Å². The van der Waals surface area contributed by atoms with Crippen molar-refractivity contribution in [2.75, 3.05) is 18.6 Å². The van der Waals surface area contributed by atoms with Gasteiger partial charge in [0.1, 0.15) is 11.6 Å². The topological polar surface area (TPSA) is 126 Å². The predicted molar refractivity (Wildman–Crippen MR) is 313 cm³/mol. The number of H-pyrrole nitrogens is 1. The van der Waals surface area contributed by atoms with Crippen LogP contribution in [0.15, 0.2) is 182 Å². The van der Waals surface area contributed by atoms with Crippen molar-refractivity contribution >= 4 is 138 Å². The van der Waals surface area contributed by atoms with Gasteiger partial charge in [0.15, 0.2) is 5.95 Å². The molecule has 0 bridgehead atoms. The zero-order chi connectivity index (χ0) is 52.6. The molecule has 0 saturated carbocycles. The van der Waals surface area contributed by atoms with E-state index in [4.69, 9.17) is 114 Å². The van der Waals surface area contributed by atoms with Crippen LogP contribution in [0.1, 0.15) is 28.1 Å². The fourth-order valence-electron chi connectivity index (χ4n) is 7.40. The molecule has 74 heavy (non-hydrogen) atoms. The van der Waals surface area contributed by atoms with Crippen LogP contribution in [0.4, 0.5) is 11.9 Å². The Bertz CT molecular complexity index is 3510. The number of hydrogen-bond acceptors (Lipinski definition) is 6. The molecule has 378 valence electrons. The van der Waals surface area contributed by atoms with E-state index in [1.165, 1.54) is 5.56 Å². The van der Waals surface area contributed by atoms with Crippen molar-refractivity contribution in [2.24, 2.45) is 0 Å². The molecule has 0 aliphatic rings. The maximum Gasteiger partial charge on any atom is 0.201 e. The molecular formula is C57H48Cl8N8O. The number of nitrogens with two attached hydrogens (primary N) is 2. The van der Waals surface area contributed by atoms with E-state index in [9.17, 15) is 0 Å². The molecule has 0 atom stereocenters. The second-order valence-electron chi connectivity index (χ2n) is 16.3. The Labute approximate surface area is 469 Å². The summed E-state index contributed by atoms with van der Waals surface area (Å²) in [5, 5.41) is 4.46. The number of fused-ring (bicyclic) bond motifs is 3. The minimum atomic E-state index is 0.473. The van der Waals surface area contributed by atoms with E-state index in [1.807, 2.05) is 144 Å². The number of aromatic nitrogens is 6. The number of ether oxygens (including phenoxy) is 1. The molecule has 17 heteroatoms. The van der Waals surface area contributed by atoms with Gasteiger partial charge in [0, 0.05) is 40.0 Å². The van der Waals surface area contributed by atoms with Gasteiger partial charge in [-0.2, -0.15) is 0 Å². The molecule has 5 N–H and O–H groups in total. The van der Waals surface area contributed by atoms with Gasteiger partial charge in [0.05, 0.1) is 66.8 Å². The monoisotopic (exact) mass is 1140 g/mol. The quantitative estimate of drug-likeness (QED) is 0.124. The zero-order valence-electron chi connectivity index (χ0n) is 39.7. The summed E-state index contributed by atoms with van der Waals surface area (Å²) in [7, 11) is 1.58. The Morgan fingerprint density at radius 3 is 1.47 bits per heavy atom. The molecule has 0 saturated heterocycles. The number of para-hydroxylation sites is 6. The molecule has 3 heterocycles. The zero-order valence-corrected chi connectivity index (χ0v) is 45.7. The van der Waals surface area contributed by atoms with Gasteiger partial charge in [-0.05, 0) is 126 Å². The average molecular weight is 1140 g/mol. The number of hydrogen-bond donors (Lipinski definition) is 3. The first-order chi connectivity index (χ1) is 35.8. The van der Waals surface area contributed by atoms with Gasteiger partial charge in [0.25, 0.3) is 0 Å². The summed E-state index contributed by atoms with van der Waals surface area (Å²) in [6.07, 6.45) is 1.67. The van der Waals surface area contributed by atoms with Gasteiger partial charge in [-0.25, -0.2) is 15.0 Å². The fourth-order valence-corrected chi connectivity index (χ4v) is 8.56. The van der Waals surface area contributed by atoms with Gasteiger partial charge in [-0.15, -0.1) is 11.6 Å². The predicted octanol–water partition coefficient (Wildman–Crippen LogP) is 17.4. The average Bonchev–Trinajstić information content (AvgIpc) is 4.08. The highest BCUT2D eigenvalue weighted by Gasteiger charge is 2.12. The summed E-state index contributed by atoms with van der Waals surface area (Å²) >= 11 is 46.6. The Morgan fingerprint density at radius 1 is 0.459 bits per heavy atom. The summed E-state index contributed by atoms with van der Waals surface area (Å²) < 4.78 is 9.18. The van der Waals surface area contributed by atoms with Crippen molar-refractivity contribution in [2.45, 2.75) is 31.8 Å². The maximum atomic E-state index is 6.15. The van der Waals surface area contributed by atoms with Crippen molar-refractivity contribution in [1.29, 1.82) is 0 Å². The van der Waals surface area contributed by atoms with Crippen molar-refractivity contribution in [3.05, 3.63) is 245 Å². The summed E-state index contributed by atoms with van der Waals surface area (Å²) in [5.74, 6) is 3.33. The number of aromatic amines is 1. The van der Waals surface area contributed by atoms with E-state index < -0.39 is 0 Å². The first kappa shape index (κ1) is 55.6. The number of alkyl halides is 1. The summed E-state index contributed by atoms with van der Waals surface area (Å²) in [6, 6.07) is 58.0. The summed E-state index contributed by atoms with van der Waals surface area (Å²) in [5.41, 5.74) is 22.0. The van der Waals surface area contributed by atoms with Gasteiger partial charge in [0.2, 0.25) is 5.95 Å². The third kappa shape index (κ3) is 15.9. The van der Waals surface area contributed by atoms with Crippen LogP contribution < -0.4 is 16.2 Å². The van der Waals surface area contributed by atoms with E-state index >= 15 is 0 Å². The standard InChI is InChI=1S/C22H17Cl3N2.C14H12ClN3.C7H6Cl2O.C7H6Cl2.C7H7N3/c23-17-9-5-16(6-10-17)14-27-21-4-2-1-3-20(21)26-22(27)12-8-15-7-11-18(24)19(25)13-15;15-11-7-5-10(6-8-11)9-18-13-4-2-1-3-12(13)17-14(18)16;1-10-5-2-3-6(8)7(9)4-5;8-5-6-1-3-7(9)4-2-6;8-7-9-5-3-1-2-4-6(5)10-7/h1-7,9-11,13H,8,12,14H2;1-8H,9H2,(H2,16,17);2-4H,1H3;1-4H,5H2;1-4H,(H3,8,9,10). The van der Waals surface area contributed by atoms with Gasteiger partial charge >= 0.3 is 0 Å². The molecular weight excluding hydrogens is 1100 g/mol. The van der Waals surface area contributed by atoms with Crippen molar-refractivity contribution in [3.8, 4) is 5.75 Å². The van der Waals surface area contributed by atoms with E-state index in [2.05, 4.69) is 43.8 Å². The van der Waals surface area contributed by atoms with E-state index in [0.717, 1.165) is 95.8 Å². The third-order valence-corrected chi connectivity index (χ3v) is 13.7. The molecule has 8 aromatic carbocycles. The van der Waals surface area contributed by atoms with Crippen molar-refractivity contribution in [1.82, 2.24) is 29.1 Å². The largest absolute Gasteiger partial charge is 0.497 e. The fraction of sp³-hybridized carbons (Fsp3) is 0.105. The molecule has 0 amide bonds. The molecule has 3 aromatic heterocycles. The first-order valence-corrected chi connectivity index (χ1v) is 26.0. The molecule has 0 fully saturated rings. The second-order valence-corrected chi connectivity index (χ2v) is 19.5. The van der Waals surface area contributed by atoms with Crippen LogP contribution in [-0.4, -0.2) is 36.2 Å². The Morgan fingerprint density at radius 2 is 0.932 bits per heavy atom. The molecule has 9 nitrogen and oxygen atoms in total. The van der Waals surface area contributed by atoms with Gasteiger partial charge in [-0.1, -0.05) is 160 Å². The van der Waals surface area contributed by atoms with E-state index in [-0.39, 0.29) is 0 Å². The molecule has 0 radical (unpaired) electrons. The van der Waals surface area contributed by atoms with E-state index in [0.29, 0.717) is 44.4 Å². The highest BCUT2D eigenvalue weighted by molar-refractivity contribution is 6.42. The molecule has 11 aromatic rings. The smallest absolute Gasteiger partial charge is 0.201 e. The lowest BCUT2D eigenvalue weighted by atomic mass is 10.1. The number of imidazole rings is 3. The number of methoxy groups -OCH3 is 1. The minimum Gasteiger partial charge on any atom is -0.497 e. The number of halogens is 8. The lowest BCUT2D eigenvalue weighted by Gasteiger charge is -2.10. The molecule has 0 unspecified atom stereocenters. The number of nitrogen functional groups attached to an aromatic ring is 2.